The van der Waals surface area contributed by atoms with Crippen molar-refractivity contribution in [1.82, 2.24) is 9.97 Å². The van der Waals surface area contributed by atoms with Crippen LogP contribution in [0.25, 0.3) is 22.4 Å². The van der Waals surface area contributed by atoms with E-state index >= 15 is 0 Å². The zero-order valence-corrected chi connectivity index (χ0v) is 12.9. The van der Waals surface area contributed by atoms with Crippen molar-refractivity contribution in [3.8, 4) is 11.4 Å². The van der Waals surface area contributed by atoms with Gasteiger partial charge in [0.15, 0.2) is 0 Å². The minimum atomic E-state index is -0.369. The van der Waals surface area contributed by atoms with Crippen molar-refractivity contribution >= 4 is 22.4 Å². The van der Waals surface area contributed by atoms with E-state index in [4.69, 9.17) is 4.74 Å². The van der Waals surface area contributed by atoms with E-state index in [0.717, 1.165) is 29.8 Å². The maximum Gasteiger partial charge on any atom is 0.280 e. The Balaban J connectivity index is 1.82. The Morgan fingerprint density at radius 1 is 1.17 bits per heavy atom. The van der Waals surface area contributed by atoms with Crippen LogP contribution < -0.4 is 4.90 Å². The third kappa shape index (κ3) is 2.59. The Morgan fingerprint density at radius 2 is 1.96 bits per heavy atom. The van der Waals surface area contributed by atoms with Crippen LogP contribution in [-0.4, -0.2) is 41.2 Å². The van der Waals surface area contributed by atoms with E-state index in [1.54, 1.807) is 12.1 Å². The molecule has 0 saturated carbocycles. The molecule has 0 aliphatic carbocycles. The number of imidazole rings is 1. The second-order valence-corrected chi connectivity index (χ2v) is 5.66. The summed E-state index contributed by atoms with van der Waals surface area (Å²) < 4.78 is 5.37. The Hall–Kier alpha value is -2.93. The molecule has 0 unspecified atom stereocenters. The number of H-pyrrole nitrogens is 1. The number of aromatic amines is 1. The molecular weight excluding hydrogens is 308 g/mol. The van der Waals surface area contributed by atoms with E-state index in [2.05, 4.69) is 14.9 Å². The SMILES string of the molecule is O=[N+]([O-])c1ccc(N2CCOCC2)cc1-c1nc2ccccc2[nH]1. The van der Waals surface area contributed by atoms with Crippen molar-refractivity contribution in [2.45, 2.75) is 0 Å². The molecule has 7 nitrogen and oxygen atoms in total. The maximum absolute atomic E-state index is 11.4. The molecule has 1 N–H and O–H groups in total. The largest absolute Gasteiger partial charge is 0.378 e. The molecule has 2 heterocycles. The molecule has 24 heavy (non-hydrogen) atoms. The van der Waals surface area contributed by atoms with Crippen molar-refractivity contribution in [1.29, 1.82) is 0 Å². The van der Waals surface area contributed by atoms with Gasteiger partial charge in [-0.2, -0.15) is 0 Å². The lowest BCUT2D eigenvalue weighted by Crippen LogP contribution is -2.36. The highest BCUT2D eigenvalue weighted by Gasteiger charge is 2.21. The lowest BCUT2D eigenvalue weighted by atomic mass is 10.1. The van der Waals surface area contributed by atoms with Gasteiger partial charge in [-0.05, 0) is 24.3 Å². The fourth-order valence-electron chi connectivity index (χ4n) is 2.97. The Bertz CT molecular complexity index is 867. The maximum atomic E-state index is 11.4. The van der Waals surface area contributed by atoms with Crippen LogP contribution in [0.15, 0.2) is 42.5 Å². The predicted molar refractivity (Wildman–Crippen MR) is 91.2 cm³/mol. The average molecular weight is 324 g/mol. The molecular formula is C17H16N4O3. The summed E-state index contributed by atoms with van der Waals surface area (Å²) in [5.41, 5.74) is 3.14. The smallest absolute Gasteiger partial charge is 0.280 e. The number of anilines is 1. The van der Waals surface area contributed by atoms with E-state index in [1.807, 2.05) is 30.3 Å². The van der Waals surface area contributed by atoms with Gasteiger partial charge in [0.2, 0.25) is 0 Å². The standard InChI is InChI=1S/C17H16N4O3/c22-21(23)16-6-5-12(20-7-9-24-10-8-20)11-13(16)17-18-14-3-1-2-4-15(14)19-17/h1-6,11H,7-10H2,(H,18,19). The highest BCUT2D eigenvalue weighted by Crippen LogP contribution is 2.33. The van der Waals surface area contributed by atoms with Crippen LogP contribution in [-0.2, 0) is 4.74 Å². The van der Waals surface area contributed by atoms with Gasteiger partial charge < -0.3 is 14.6 Å². The van der Waals surface area contributed by atoms with Crippen molar-refractivity contribution in [3.63, 3.8) is 0 Å². The summed E-state index contributed by atoms with van der Waals surface area (Å²) in [7, 11) is 0. The van der Waals surface area contributed by atoms with Crippen molar-refractivity contribution < 1.29 is 9.66 Å². The van der Waals surface area contributed by atoms with Crippen LogP contribution in [0.1, 0.15) is 0 Å². The van der Waals surface area contributed by atoms with Crippen LogP contribution in [0.5, 0.6) is 0 Å². The van der Waals surface area contributed by atoms with Crippen molar-refractivity contribution in [2.75, 3.05) is 31.2 Å². The number of aromatic nitrogens is 2. The number of benzene rings is 2. The normalized spacial score (nSPS) is 14.9. The Morgan fingerprint density at radius 3 is 2.71 bits per heavy atom. The molecule has 1 saturated heterocycles. The zero-order chi connectivity index (χ0) is 16.5. The summed E-state index contributed by atoms with van der Waals surface area (Å²) in [5.74, 6) is 0.512. The van der Waals surface area contributed by atoms with Crippen LogP contribution in [0.2, 0.25) is 0 Å². The highest BCUT2D eigenvalue weighted by molar-refractivity contribution is 5.82. The number of nitro benzene ring substituents is 1. The van der Waals surface area contributed by atoms with Gasteiger partial charge >= 0.3 is 0 Å². The summed E-state index contributed by atoms with van der Waals surface area (Å²) in [5, 5.41) is 11.4. The summed E-state index contributed by atoms with van der Waals surface area (Å²) in [4.78, 5) is 20.9. The third-order valence-electron chi connectivity index (χ3n) is 4.20. The van der Waals surface area contributed by atoms with Gasteiger partial charge in [0.25, 0.3) is 5.69 Å². The van der Waals surface area contributed by atoms with Crippen LogP contribution in [0, 0.1) is 10.1 Å². The van der Waals surface area contributed by atoms with E-state index in [1.165, 1.54) is 0 Å². The van der Waals surface area contributed by atoms with Crippen molar-refractivity contribution in [3.05, 3.63) is 52.6 Å². The second kappa shape index (κ2) is 5.93. The summed E-state index contributed by atoms with van der Waals surface area (Å²) in [6.07, 6.45) is 0. The number of hydrogen-bond donors (Lipinski definition) is 1. The zero-order valence-electron chi connectivity index (χ0n) is 12.9. The van der Waals surface area contributed by atoms with Gasteiger partial charge in [0, 0.05) is 24.8 Å². The van der Waals surface area contributed by atoms with Gasteiger partial charge in [-0.3, -0.25) is 10.1 Å². The highest BCUT2D eigenvalue weighted by atomic mass is 16.6. The molecule has 1 aromatic heterocycles. The molecule has 7 heteroatoms. The van der Waals surface area contributed by atoms with Gasteiger partial charge in [-0.25, -0.2) is 4.98 Å². The number of ether oxygens (including phenoxy) is 1. The molecule has 122 valence electrons. The minimum absolute atomic E-state index is 0.0473. The lowest BCUT2D eigenvalue weighted by molar-refractivity contribution is -0.384. The number of rotatable bonds is 3. The van der Waals surface area contributed by atoms with Crippen LogP contribution in [0.4, 0.5) is 11.4 Å². The third-order valence-corrected chi connectivity index (χ3v) is 4.20. The molecule has 0 bridgehead atoms. The second-order valence-electron chi connectivity index (χ2n) is 5.66. The van der Waals surface area contributed by atoms with Crippen LogP contribution >= 0.6 is 0 Å². The molecule has 2 aromatic carbocycles. The van der Waals surface area contributed by atoms with Gasteiger partial charge in [-0.1, -0.05) is 12.1 Å². The fourth-order valence-corrected chi connectivity index (χ4v) is 2.97. The molecule has 1 fully saturated rings. The first kappa shape index (κ1) is 14.6. The Labute approximate surface area is 138 Å². The molecule has 4 rings (SSSR count). The van der Waals surface area contributed by atoms with Gasteiger partial charge in [-0.15, -0.1) is 0 Å². The Kier molecular flexibility index (Phi) is 3.62. The molecule has 0 amide bonds. The van der Waals surface area contributed by atoms with Crippen LogP contribution in [0.3, 0.4) is 0 Å². The number of nitrogens with zero attached hydrogens (tertiary/aromatic N) is 3. The summed E-state index contributed by atoms with van der Waals surface area (Å²) in [6.45, 7) is 2.88. The summed E-state index contributed by atoms with van der Waals surface area (Å²) in [6, 6.07) is 12.8. The van der Waals surface area contributed by atoms with E-state index in [-0.39, 0.29) is 10.6 Å². The monoisotopic (exact) mass is 324 g/mol. The van der Waals surface area contributed by atoms with E-state index in [9.17, 15) is 10.1 Å². The quantitative estimate of drug-likeness (QED) is 0.591. The summed E-state index contributed by atoms with van der Waals surface area (Å²) >= 11 is 0. The number of para-hydroxylation sites is 2. The minimum Gasteiger partial charge on any atom is -0.378 e. The molecule has 0 atom stereocenters. The van der Waals surface area contributed by atoms with E-state index in [0.29, 0.717) is 24.6 Å². The van der Waals surface area contributed by atoms with Gasteiger partial charge in [0.05, 0.1) is 34.7 Å². The predicted octanol–water partition coefficient (Wildman–Crippen LogP) is 2.97. The van der Waals surface area contributed by atoms with E-state index < -0.39 is 0 Å². The molecule has 1 aliphatic heterocycles. The number of nitro groups is 1. The number of fused-ring (bicyclic) bond motifs is 1. The molecule has 1 aliphatic rings. The number of nitrogens with one attached hydrogen (secondary N) is 1. The topological polar surface area (TPSA) is 84.3 Å². The van der Waals surface area contributed by atoms with Gasteiger partial charge in [0.1, 0.15) is 5.82 Å². The first-order valence-electron chi connectivity index (χ1n) is 7.78. The lowest BCUT2D eigenvalue weighted by Gasteiger charge is -2.29. The first-order chi connectivity index (χ1) is 11.7. The molecule has 0 radical (unpaired) electrons. The van der Waals surface area contributed by atoms with Crippen molar-refractivity contribution in [2.24, 2.45) is 0 Å². The fraction of sp³-hybridized carbons (Fsp3) is 0.235. The molecule has 0 spiro atoms. The molecule has 3 aromatic rings. The average Bonchev–Trinajstić information content (AvgIpc) is 3.06. The first-order valence-corrected chi connectivity index (χ1v) is 7.78. The number of hydrogen-bond acceptors (Lipinski definition) is 5. The number of morpholine rings is 1.